The van der Waals surface area contributed by atoms with Gasteiger partial charge in [-0.3, -0.25) is 24.6 Å². The summed E-state index contributed by atoms with van der Waals surface area (Å²) in [4.78, 5) is 38.1. The van der Waals surface area contributed by atoms with Gasteiger partial charge in [0.2, 0.25) is 0 Å². The predicted octanol–water partition coefficient (Wildman–Crippen LogP) is 3.23. The van der Waals surface area contributed by atoms with Crippen LogP contribution in [-0.4, -0.2) is 55.1 Å². The first-order chi connectivity index (χ1) is 15.8. The summed E-state index contributed by atoms with van der Waals surface area (Å²) in [6.45, 7) is 3.96. The fraction of sp³-hybridized carbons (Fsp3) is 0.304. The number of nitrogens with zero attached hydrogens (tertiary/aromatic N) is 2. The molecule has 0 atom stereocenters. The van der Waals surface area contributed by atoms with Crippen molar-refractivity contribution in [2.45, 2.75) is 20.0 Å². The fourth-order valence-corrected chi connectivity index (χ4v) is 3.34. The van der Waals surface area contributed by atoms with Gasteiger partial charge in [0, 0.05) is 18.2 Å². The summed E-state index contributed by atoms with van der Waals surface area (Å²) in [6, 6.07) is 10.5. The van der Waals surface area contributed by atoms with Crippen LogP contribution in [0.15, 0.2) is 48.2 Å². The molecular formula is C23H25N3O7. The van der Waals surface area contributed by atoms with E-state index < -0.39 is 16.7 Å². The molecule has 1 aliphatic heterocycles. The normalized spacial score (nSPS) is 13.7. The largest absolute Gasteiger partial charge is 0.497 e. The molecule has 0 radical (unpaired) electrons. The van der Waals surface area contributed by atoms with E-state index in [2.05, 4.69) is 5.32 Å². The van der Waals surface area contributed by atoms with Gasteiger partial charge >= 0.3 is 0 Å². The lowest BCUT2D eigenvalue weighted by Gasteiger charge is -2.17. The van der Waals surface area contributed by atoms with Crippen LogP contribution in [-0.2, 0) is 14.3 Å². The second-order valence-corrected chi connectivity index (χ2v) is 7.43. The van der Waals surface area contributed by atoms with E-state index in [9.17, 15) is 19.7 Å². The van der Waals surface area contributed by atoms with Crippen molar-refractivity contribution in [1.82, 2.24) is 4.90 Å². The topological polar surface area (TPSA) is 120 Å². The van der Waals surface area contributed by atoms with Gasteiger partial charge in [-0.2, -0.15) is 0 Å². The third kappa shape index (κ3) is 5.12. The molecule has 0 saturated carbocycles. The van der Waals surface area contributed by atoms with E-state index >= 15 is 0 Å². The zero-order valence-electron chi connectivity index (χ0n) is 18.8. The molecule has 1 aliphatic rings. The third-order valence-corrected chi connectivity index (χ3v) is 4.97. The van der Waals surface area contributed by atoms with E-state index in [4.69, 9.17) is 14.2 Å². The van der Waals surface area contributed by atoms with E-state index in [-0.39, 0.29) is 36.2 Å². The number of anilines is 1. The smallest absolute Gasteiger partial charge is 0.278 e. The number of ether oxygens (including phenoxy) is 3. The van der Waals surface area contributed by atoms with Crippen LogP contribution in [0.2, 0.25) is 0 Å². The number of carbonyl (C=O) groups is 2. The predicted molar refractivity (Wildman–Crippen MR) is 121 cm³/mol. The molecule has 0 unspecified atom stereocenters. The van der Waals surface area contributed by atoms with Crippen LogP contribution in [0.3, 0.4) is 0 Å². The number of carbonyl (C=O) groups excluding carboxylic acids is 2. The van der Waals surface area contributed by atoms with Crippen molar-refractivity contribution in [2.75, 3.05) is 32.7 Å². The lowest BCUT2D eigenvalue weighted by Crippen LogP contribution is -2.35. The third-order valence-electron chi connectivity index (χ3n) is 4.97. The maximum absolute atomic E-state index is 13.3. The fourth-order valence-electron chi connectivity index (χ4n) is 3.34. The first-order valence-corrected chi connectivity index (χ1v) is 10.2. The van der Waals surface area contributed by atoms with Gasteiger partial charge in [-0.1, -0.05) is 0 Å². The lowest BCUT2D eigenvalue weighted by molar-refractivity contribution is -0.384. The summed E-state index contributed by atoms with van der Waals surface area (Å²) in [5.41, 5.74) is 0.805. The Bertz CT molecular complexity index is 1090. The average molecular weight is 455 g/mol. The van der Waals surface area contributed by atoms with E-state index in [1.807, 2.05) is 13.8 Å². The zero-order chi connectivity index (χ0) is 24.1. The second-order valence-electron chi connectivity index (χ2n) is 7.43. The Hall–Kier alpha value is -3.92. The Balaban J connectivity index is 2.04. The molecule has 0 spiro atoms. The van der Waals surface area contributed by atoms with Gasteiger partial charge in [-0.25, -0.2) is 0 Å². The van der Waals surface area contributed by atoms with Crippen LogP contribution in [0.1, 0.15) is 19.4 Å². The van der Waals surface area contributed by atoms with Gasteiger partial charge < -0.3 is 19.5 Å². The van der Waals surface area contributed by atoms with Gasteiger partial charge in [0.25, 0.3) is 17.5 Å². The van der Waals surface area contributed by atoms with E-state index in [0.29, 0.717) is 22.7 Å². The highest BCUT2D eigenvalue weighted by Gasteiger charge is 2.39. The summed E-state index contributed by atoms with van der Waals surface area (Å²) in [7, 11) is 2.99. The number of benzene rings is 2. The first-order valence-electron chi connectivity index (χ1n) is 10.2. The molecule has 1 N–H and O–H groups in total. The molecule has 2 aromatic carbocycles. The minimum Gasteiger partial charge on any atom is -0.497 e. The monoisotopic (exact) mass is 455 g/mol. The number of rotatable bonds is 10. The Kier molecular flexibility index (Phi) is 7.29. The molecule has 33 heavy (non-hydrogen) atoms. The number of amides is 2. The van der Waals surface area contributed by atoms with E-state index in [1.54, 1.807) is 18.2 Å². The van der Waals surface area contributed by atoms with Crippen LogP contribution < -0.4 is 14.8 Å². The molecule has 10 nitrogen and oxygen atoms in total. The van der Waals surface area contributed by atoms with E-state index in [1.165, 1.54) is 38.5 Å². The van der Waals surface area contributed by atoms with Crippen molar-refractivity contribution in [3.63, 3.8) is 0 Å². The molecule has 174 valence electrons. The second kappa shape index (κ2) is 10.1. The summed E-state index contributed by atoms with van der Waals surface area (Å²) >= 11 is 0. The highest BCUT2D eigenvalue weighted by atomic mass is 16.6. The van der Waals surface area contributed by atoms with Crippen molar-refractivity contribution in [3.8, 4) is 11.5 Å². The lowest BCUT2D eigenvalue weighted by atomic mass is 10.0. The van der Waals surface area contributed by atoms with Gasteiger partial charge in [-0.15, -0.1) is 0 Å². The minimum absolute atomic E-state index is 0.0324. The van der Waals surface area contributed by atoms with Gasteiger partial charge in [-0.05, 0) is 43.7 Å². The van der Waals surface area contributed by atoms with E-state index in [0.717, 1.165) is 4.90 Å². The van der Waals surface area contributed by atoms with Crippen LogP contribution in [0, 0.1) is 10.1 Å². The molecule has 10 heteroatoms. The average Bonchev–Trinajstić information content (AvgIpc) is 3.03. The quantitative estimate of drug-likeness (QED) is 0.329. The molecule has 2 aromatic rings. The van der Waals surface area contributed by atoms with Crippen LogP contribution in [0.5, 0.6) is 11.5 Å². The zero-order valence-corrected chi connectivity index (χ0v) is 18.8. The number of hydrogen-bond acceptors (Lipinski definition) is 8. The van der Waals surface area contributed by atoms with Crippen molar-refractivity contribution in [2.24, 2.45) is 0 Å². The SMILES string of the molecule is COc1ccc(OC)c(NC2=C(c3ccc([N+](=O)[O-])cc3)C(=O)N(CCOC(C)C)C2=O)c1. The Morgan fingerprint density at radius 1 is 1.03 bits per heavy atom. The number of nitro benzene ring substituents is 1. The highest BCUT2D eigenvalue weighted by molar-refractivity contribution is 6.36. The molecule has 0 aliphatic carbocycles. The minimum atomic E-state index is -0.536. The van der Waals surface area contributed by atoms with Crippen molar-refractivity contribution >= 4 is 28.8 Å². The summed E-state index contributed by atoms with van der Waals surface area (Å²) in [5, 5.41) is 14.0. The Morgan fingerprint density at radius 3 is 2.30 bits per heavy atom. The summed E-state index contributed by atoms with van der Waals surface area (Å²) in [6.07, 6.45) is -0.0569. The molecule has 0 saturated heterocycles. The first kappa shape index (κ1) is 23.7. The molecule has 3 rings (SSSR count). The molecule has 0 aromatic heterocycles. The van der Waals surface area contributed by atoms with Crippen LogP contribution in [0.25, 0.3) is 5.57 Å². The van der Waals surface area contributed by atoms with Crippen LogP contribution >= 0.6 is 0 Å². The maximum atomic E-state index is 13.3. The number of imide groups is 1. The van der Waals surface area contributed by atoms with Gasteiger partial charge in [0.05, 0.1) is 49.7 Å². The molecule has 1 heterocycles. The van der Waals surface area contributed by atoms with Crippen molar-refractivity contribution in [1.29, 1.82) is 0 Å². The molecule has 0 bridgehead atoms. The molecular weight excluding hydrogens is 430 g/mol. The van der Waals surface area contributed by atoms with Crippen LogP contribution in [0.4, 0.5) is 11.4 Å². The standard InChI is InChI=1S/C23H25N3O7/c1-14(2)33-12-11-25-22(27)20(15-5-7-16(8-6-15)26(29)30)21(23(25)28)24-18-13-17(31-3)9-10-19(18)32-4/h5-10,13-14,24H,11-12H2,1-4H3. The van der Waals surface area contributed by atoms with Gasteiger partial charge in [0.15, 0.2) is 0 Å². The Labute approximate surface area is 190 Å². The number of non-ortho nitro benzene ring substituents is 1. The summed E-state index contributed by atoms with van der Waals surface area (Å²) in [5.74, 6) is -0.0981. The number of nitro groups is 1. The highest BCUT2D eigenvalue weighted by Crippen LogP contribution is 2.35. The van der Waals surface area contributed by atoms with Crippen molar-refractivity contribution < 1.29 is 28.7 Å². The Morgan fingerprint density at radius 2 is 1.73 bits per heavy atom. The summed E-state index contributed by atoms with van der Waals surface area (Å²) < 4.78 is 16.1. The maximum Gasteiger partial charge on any atom is 0.278 e. The molecule has 0 fully saturated rings. The molecule has 2 amide bonds. The van der Waals surface area contributed by atoms with Crippen molar-refractivity contribution in [3.05, 3.63) is 63.8 Å². The van der Waals surface area contributed by atoms with Gasteiger partial charge in [0.1, 0.15) is 17.2 Å². The number of nitrogens with one attached hydrogen (secondary N) is 1. The number of methoxy groups -OCH3 is 2. The number of hydrogen-bond donors (Lipinski definition) is 1.